The van der Waals surface area contributed by atoms with Crippen molar-refractivity contribution in [3.8, 4) is 11.5 Å². The second kappa shape index (κ2) is 8.49. The molecule has 0 bridgehead atoms. The molecule has 6 heteroatoms. The minimum Gasteiger partial charge on any atom is -0.493 e. The number of ether oxygens (including phenoxy) is 2. The number of hydrogen-bond donors (Lipinski definition) is 1. The lowest BCUT2D eigenvalue weighted by atomic mass is 10.1. The van der Waals surface area contributed by atoms with Gasteiger partial charge in [0.15, 0.2) is 11.5 Å². The summed E-state index contributed by atoms with van der Waals surface area (Å²) in [4.78, 5) is 16.8. The molecule has 0 fully saturated rings. The van der Waals surface area contributed by atoms with Crippen LogP contribution in [0.3, 0.4) is 0 Å². The smallest absolute Gasteiger partial charge is 0.255 e. The summed E-state index contributed by atoms with van der Waals surface area (Å²) in [5.41, 5.74) is 5.04. The monoisotopic (exact) mass is 368 g/mol. The Morgan fingerprint density at radius 3 is 2.77 bits per heavy atom. The summed E-state index contributed by atoms with van der Waals surface area (Å²) in [6.07, 6.45) is 0.850. The van der Waals surface area contributed by atoms with Crippen molar-refractivity contribution in [1.82, 2.24) is 4.98 Å². The highest BCUT2D eigenvalue weighted by atomic mass is 32.1. The molecule has 0 atom stereocenters. The van der Waals surface area contributed by atoms with Gasteiger partial charge in [0.2, 0.25) is 0 Å². The summed E-state index contributed by atoms with van der Waals surface area (Å²) in [6, 6.07) is 12.9. The van der Waals surface area contributed by atoms with Gasteiger partial charge in [-0.05, 0) is 36.2 Å². The molecule has 134 valence electrons. The van der Waals surface area contributed by atoms with Gasteiger partial charge in [-0.15, -0.1) is 11.3 Å². The lowest BCUT2D eigenvalue weighted by Crippen LogP contribution is -2.13. The number of methoxy groups -OCH3 is 1. The largest absolute Gasteiger partial charge is 0.493 e. The highest BCUT2D eigenvalue weighted by molar-refractivity contribution is 7.07. The highest BCUT2D eigenvalue weighted by Crippen LogP contribution is 2.29. The Labute approximate surface area is 156 Å². The molecule has 1 heterocycles. The number of aromatic nitrogens is 1. The Morgan fingerprint density at radius 2 is 2.04 bits per heavy atom. The van der Waals surface area contributed by atoms with Gasteiger partial charge in [0.25, 0.3) is 5.91 Å². The number of anilines is 1. The van der Waals surface area contributed by atoms with Crippen LogP contribution in [0.25, 0.3) is 0 Å². The summed E-state index contributed by atoms with van der Waals surface area (Å²) < 4.78 is 11.1. The SMILES string of the molecule is CCc1ccccc1NC(=O)c1ccc(OCc2cscn2)c(OC)c1. The maximum atomic E-state index is 12.6. The average Bonchev–Trinajstić information content (AvgIpc) is 3.20. The zero-order chi connectivity index (χ0) is 18.4. The fourth-order valence-electron chi connectivity index (χ4n) is 2.53. The number of nitrogens with one attached hydrogen (secondary N) is 1. The molecule has 0 saturated carbocycles. The highest BCUT2D eigenvalue weighted by Gasteiger charge is 2.13. The summed E-state index contributed by atoms with van der Waals surface area (Å²) in [6.45, 7) is 2.41. The Morgan fingerprint density at radius 1 is 1.19 bits per heavy atom. The van der Waals surface area contributed by atoms with Gasteiger partial charge in [0, 0.05) is 16.6 Å². The van der Waals surface area contributed by atoms with E-state index in [0.29, 0.717) is 23.7 Å². The Bertz CT molecular complexity index is 879. The third-order valence-electron chi connectivity index (χ3n) is 3.93. The van der Waals surface area contributed by atoms with Crippen molar-refractivity contribution in [3.63, 3.8) is 0 Å². The summed E-state index contributed by atoms with van der Waals surface area (Å²) in [5, 5.41) is 4.89. The van der Waals surface area contributed by atoms with Crippen molar-refractivity contribution in [2.45, 2.75) is 20.0 Å². The number of thiazole rings is 1. The standard InChI is InChI=1S/C20H20N2O3S/c1-3-14-6-4-5-7-17(14)22-20(23)15-8-9-18(19(10-15)24-2)25-11-16-12-26-13-21-16/h4-10,12-13H,3,11H2,1-2H3,(H,22,23). The van der Waals surface area contributed by atoms with Crippen LogP contribution < -0.4 is 14.8 Å². The van der Waals surface area contributed by atoms with E-state index in [4.69, 9.17) is 9.47 Å². The molecule has 2 aromatic carbocycles. The van der Waals surface area contributed by atoms with E-state index in [2.05, 4.69) is 17.2 Å². The van der Waals surface area contributed by atoms with Gasteiger partial charge in [-0.1, -0.05) is 25.1 Å². The summed E-state index contributed by atoms with van der Waals surface area (Å²) in [7, 11) is 1.55. The molecule has 5 nitrogen and oxygen atoms in total. The van der Waals surface area contributed by atoms with Crippen LogP contribution in [0.15, 0.2) is 53.4 Å². The number of hydrogen-bond acceptors (Lipinski definition) is 5. The number of nitrogens with zero attached hydrogens (tertiary/aromatic N) is 1. The van der Waals surface area contributed by atoms with Gasteiger partial charge in [0.05, 0.1) is 18.3 Å². The van der Waals surface area contributed by atoms with Crippen LogP contribution in [0, 0.1) is 0 Å². The lowest BCUT2D eigenvalue weighted by Gasteiger charge is -2.13. The quantitative estimate of drug-likeness (QED) is 0.665. The van der Waals surface area contributed by atoms with Crippen LogP contribution in [0.2, 0.25) is 0 Å². The molecule has 0 aliphatic carbocycles. The molecular formula is C20H20N2O3S. The molecule has 1 amide bonds. The normalized spacial score (nSPS) is 10.4. The molecule has 3 aromatic rings. The number of carbonyl (C=O) groups excluding carboxylic acids is 1. The van der Waals surface area contributed by atoms with Crippen molar-refractivity contribution < 1.29 is 14.3 Å². The first-order valence-corrected chi connectivity index (χ1v) is 9.22. The van der Waals surface area contributed by atoms with Crippen molar-refractivity contribution in [2.75, 3.05) is 12.4 Å². The second-order valence-corrected chi connectivity index (χ2v) is 6.32. The number of amides is 1. The van der Waals surface area contributed by atoms with Crippen LogP contribution in [0.1, 0.15) is 28.5 Å². The first-order valence-electron chi connectivity index (χ1n) is 8.28. The van der Waals surface area contributed by atoms with Gasteiger partial charge >= 0.3 is 0 Å². The van der Waals surface area contributed by atoms with E-state index < -0.39 is 0 Å². The molecule has 0 saturated heterocycles. The molecule has 0 unspecified atom stereocenters. The van der Waals surface area contributed by atoms with E-state index in [1.54, 1.807) is 30.8 Å². The Kier molecular flexibility index (Phi) is 5.86. The van der Waals surface area contributed by atoms with E-state index in [-0.39, 0.29) is 5.91 Å². The van der Waals surface area contributed by atoms with Crippen molar-refractivity contribution >= 4 is 22.9 Å². The zero-order valence-corrected chi connectivity index (χ0v) is 15.5. The molecule has 3 rings (SSSR count). The van der Waals surface area contributed by atoms with Gasteiger partial charge in [0.1, 0.15) is 6.61 Å². The molecule has 0 spiro atoms. The fourth-order valence-corrected chi connectivity index (χ4v) is 3.08. The summed E-state index contributed by atoms with van der Waals surface area (Å²) in [5.74, 6) is 0.901. The van der Waals surface area contributed by atoms with Gasteiger partial charge < -0.3 is 14.8 Å². The lowest BCUT2D eigenvalue weighted by molar-refractivity contribution is 0.102. The first kappa shape index (κ1) is 17.9. The number of carbonyl (C=O) groups is 1. The molecular weight excluding hydrogens is 348 g/mol. The van der Waals surface area contributed by atoms with E-state index >= 15 is 0 Å². The van der Waals surface area contributed by atoms with E-state index in [9.17, 15) is 4.79 Å². The van der Waals surface area contributed by atoms with Gasteiger partial charge in [-0.2, -0.15) is 0 Å². The van der Waals surface area contributed by atoms with Crippen LogP contribution in [0.5, 0.6) is 11.5 Å². The zero-order valence-electron chi connectivity index (χ0n) is 14.7. The molecule has 0 radical (unpaired) electrons. The minimum absolute atomic E-state index is 0.185. The van der Waals surface area contributed by atoms with Gasteiger partial charge in [-0.25, -0.2) is 4.98 Å². The molecule has 0 aliphatic heterocycles. The van der Waals surface area contributed by atoms with Gasteiger partial charge in [-0.3, -0.25) is 4.79 Å². The predicted molar refractivity (Wildman–Crippen MR) is 103 cm³/mol. The van der Waals surface area contributed by atoms with Crippen LogP contribution in [-0.2, 0) is 13.0 Å². The Balaban J connectivity index is 1.74. The van der Waals surface area contributed by atoms with E-state index in [0.717, 1.165) is 23.4 Å². The fraction of sp³-hybridized carbons (Fsp3) is 0.200. The van der Waals surface area contributed by atoms with Crippen LogP contribution in [-0.4, -0.2) is 18.0 Å². The average molecular weight is 368 g/mol. The minimum atomic E-state index is -0.185. The maximum Gasteiger partial charge on any atom is 0.255 e. The van der Waals surface area contributed by atoms with Crippen LogP contribution in [0.4, 0.5) is 5.69 Å². The second-order valence-electron chi connectivity index (χ2n) is 5.60. The molecule has 1 aromatic heterocycles. The van der Waals surface area contributed by atoms with E-state index in [1.165, 1.54) is 11.3 Å². The van der Waals surface area contributed by atoms with Crippen molar-refractivity contribution in [2.24, 2.45) is 0 Å². The third-order valence-corrected chi connectivity index (χ3v) is 4.57. The molecule has 0 aliphatic rings. The molecule has 26 heavy (non-hydrogen) atoms. The number of para-hydroxylation sites is 1. The van der Waals surface area contributed by atoms with Crippen molar-refractivity contribution in [1.29, 1.82) is 0 Å². The topological polar surface area (TPSA) is 60.5 Å². The number of benzene rings is 2. The summed E-state index contributed by atoms with van der Waals surface area (Å²) >= 11 is 1.52. The number of aryl methyl sites for hydroxylation is 1. The predicted octanol–water partition coefficient (Wildman–Crippen LogP) is 4.55. The third kappa shape index (κ3) is 4.21. The first-order chi connectivity index (χ1) is 12.7. The van der Waals surface area contributed by atoms with Crippen LogP contribution >= 0.6 is 11.3 Å². The van der Waals surface area contributed by atoms with E-state index in [1.807, 2.05) is 29.6 Å². The molecule has 1 N–H and O–H groups in total. The maximum absolute atomic E-state index is 12.6. The number of rotatable bonds is 7. The van der Waals surface area contributed by atoms with Crippen molar-refractivity contribution in [3.05, 3.63) is 70.2 Å². The Hall–Kier alpha value is -2.86.